The number of rotatable bonds is 6. The van der Waals surface area contributed by atoms with Crippen LogP contribution in [0.5, 0.6) is 0 Å². The third-order valence-corrected chi connectivity index (χ3v) is 2.42. The second-order valence-corrected chi connectivity index (χ2v) is 3.82. The van der Waals surface area contributed by atoms with E-state index in [9.17, 15) is 4.79 Å². The van der Waals surface area contributed by atoms with Gasteiger partial charge in [0.1, 0.15) is 0 Å². The summed E-state index contributed by atoms with van der Waals surface area (Å²) in [5, 5.41) is 3.09. The largest absolute Gasteiger partial charge is 0.466 e. The molecule has 0 amide bonds. The summed E-state index contributed by atoms with van der Waals surface area (Å²) in [6.45, 7) is 0.983. The molecule has 3 heteroatoms. The summed E-state index contributed by atoms with van der Waals surface area (Å²) < 4.78 is 4.53. The van der Waals surface area contributed by atoms with Gasteiger partial charge in [0.15, 0.2) is 0 Å². The van der Waals surface area contributed by atoms with Gasteiger partial charge in [0.25, 0.3) is 0 Å². The van der Waals surface area contributed by atoms with Gasteiger partial charge in [-0.15, -0.1) is 0 Å². The normalized spacial score (nSPS) is 11.2. The number of hydrogen-bond acceptors (Lipinski definition) is 3. The zero-order chi connectivity index (χ0) is 13.2. The second kappa shape index (κ2) is 8.25. The van der Waals surface area contributed by atoms with Crippen LogP contribution in [0.15, 0.2) is 36.4 Å². The summed E-state index contributed by atoms with van der Waals surface area (Å²) >= 11 is 0. The molecule has 0 radical (unpaired) electrons. The maximum atomic E-state index is 10.9. The molecular weight excluding hydrogens is 226 g/mol. The van der Waals surface area contributed by atoms with Gasteiger partial charge < -0.3 is 10.1 Å². The lowest BCUT2D eigenvalue weighted by Crippen LogP contribution is -2.05. The standard InChI is InChI=1S/C15H19NO2/c1-16-12-4-3-5-13-6-8-14(9-7-13)10-11-15(17)18-2/h3,5-11,16H,4,12H2,1-2H3/b5-3?,11-10+. The van der Waals surface area contributed by atoms with Gasteiger partial charge >= 0.3 is 5.97 Å². The highest BCUT2D eigenvalue weighted by Crippen LogP contribution is 2.08. The summed E-state index contributed by atoms with van der Waals surface area (Å²) in [5.74, 6) is -0.342. The van der Waals surface area contributed by atoms with Crippen molar-refractivity contribution in [3.05, 3.63) is 47.5 Å². The molecule has 0 unspecified atom stereocenters. The smallest absolute Gasteiger partial charge is 0.330 e. The molecule has 0 heterocycles. The number of methoxy groups -OCH3 is 1. The van der Waals surface area contributed by atoms with Crippen molar-refractivity contribution in [3.63, 3.8) is 0 Å². The summed E-state index contributed by atoms with van der Waals surface area (Å²) in [6.07, 6.45) is 8.39. The molecule has 0 bridgehead atoms. The van der Waals surface area contributed by atoms with Crippen molar-refractivity contribution in [2.45, 2.75) is 6.42 Å². The molecule has 0 saturated carbocycles. The van der Waals surface area contributed by atoms with Crippen LogP contribution in [0.3, 0.4) is 0 Å². The molecule has 96 valence electrons. The van der Waals surface area contributed by atoms with E-state index in [0.29, 0.717) is 0 Å². The molecular formula is C15H19NO2. The van der Waals surface area contributed by atoms with Crippen molar-refractivity contribution in [2.75, 3.05) is 20.7 Å². The number of carbonyl (C=O) groups is 1. The molecule has 1 aromatic rings. The van der Waals surface area contributed by atoms with Gasteiger partial charge in [0.05, 0.1) is 7.11 Å². The summed E-state index contributed by atoms with van der Waals surface area (Å²) in [7, 11) is 3.31. The van der Waals surface area contributed by atoms with E-state index < -0.39 is 0 Å². The quantitative estimate of drug-likeness (QED) is 0.475. The Labute approximate surface area is 108 Å². The van der Waals surface area contributed by atoms with E-state index >= 15 is 0 Å². The highest BCUT2D eigenvalue weighted by molar-refractivity contribution is 5.86. The fourth-order valence-corrected chi connectivity index (χ4v) is 1.40. The molecule has 18 heavy (non-hydrogen) atoms. The van der Waals surface area contributed by atoms with E-state index in [4.69, 9.17) is 0 Å². The number of esters is 1. The molecule has 0 saturated heterocycles. The van der Waals surface area contributed by atoms with Crippen LogP contribution in [0.25, 0.3) is 12.2 Å². The van der Waals surface area contributed by atoms with Crippen LogP contribution in [-0.2, 0) is 9.53 Å². The van der Waals surface area contributed by atoms with Crippen LogP contribution in [0.4, 0.5) is 0 Å². The Morgan fingerprint density at radius 3 is 2.39 bits per heavy atom. The van der Waals surface area contributed by atoms with Crippen molar-refractivity contribution in [2.24, 2.45) is 0 Å². The van der Waals surface area contributed by atoms with Crippen LogP contribution in [0.1, 0.15) is 17.5 Å². The van der Waals surface area contributed by atoms with Crippen LogP contribution >= 0.6 is 0 Å². The third kappa shape index (κ3) is 5.46. The predicted molar refractivity (Wildman–Crippen MR) is 75.1 cm³/mol. The Morgan fingerprint density at radius 2 is 1.83 bits per heavy atom. The van der Waals surface area contributed by atoms with E-state index in [2.05, 4.69) is 22.2 Å². The van der Waals surface area contributed by atoms with Crippen molar-refractivity contribution in [1.29, 1.82) is 0 Å². The maximum Gasteiger partial charge on any atom is 0.330 e. The minimum atomic E-state index is -0.342. The minimum absolute atomic E-state index is 0.342. The van der Waals surface area contributed by atoms with Crippen molar-refractivity contribution in [3.8, 4) is 0 Å². The van der Waals surface area contributed by atoms with Gasteiger partial charge in [-0.05, 0) is 37.2 Å². The number of hydrogen-bond donors (Lipinski definition) is 1. The van der Waals surface area contributed by atoms with Gasteiger partial charge in [0.2, 0.25) is 0 Å². The van der Waals surface area contributed by atoms with Gasteiger partial charge in [-0.2, -0.15) is 0 Å². The average Bonchev–Trinajstić information content (AvgIpc) is 2.42. The monoisotopic (exact) mass is 245 g/mol. The molecule has 0 aromatic heterocycles. The fourth-order valence-electron chi connectivity index (χ4n) is 1.40. The van der Waals surface area contributed by atoms with Crippen LogP contribution in [-0.4, -0.2) is 26.7 Å². The van der Waals surface area contributed by atoms with Crippen LogP contribution < -0.4 is 5.32 Å². The predicted octanol–water partition coefficient (Wildman–Crippen LogP) is 2.50. The van der Waals surface area contributed by atoms with Crippen molar-refractivity contribution >= 4 is 18.1 Å². The second-order valence-electron chi connectivity index (χ2n) is 3.82. The van der Waals surface area contributed by atoms with Crippen LogP contribution in [0, 0.1) is 0 Å². The van der Waals surface area contributed by atoms with Crippen LogP contribution in [0.2, 0.25) is 0 Å². The molecule has 0 atom stereocenters. The lowest BCUT2D eigenvalue weighted by Gasteiger charge is -1.96. The molecule has 0 fully saturated rings. The molecule has 0 aliphatic carbocycles. The van der Waals surface area contributed by atoms with E-state index in [0.717, 1.165) is 24.1 Å². The molecule has 1 rings (SSSR count). The lowest BCUT2D eigenvalue weighted by molar-refractivity contribution is -0.134. The summed E-state index contributed by atoms with van der Waals surface area (Å²) in [5.41, 5.74) is 2.13. The Hall–Kier alpha value is -1.87. The summed E-state index contributed by atoms with van der Waals surface area (Å²) in [4.78, 5) is 10.9. The van der Waals surface area contributed by atoms with Gasteiger partial charge in [-0.25, -0.2) is 4.79 Å². The fraction of sp³-hybridized carbons (Fsp3) is 0.267. The van der Waals surface area contributed by atoms with Crippen molar-refractivity contribution in [1.82, 2.24) is 5.32 Å². The Balaban J connectivity index is 2.54. The minimum Gasteiger partial charge on any atom is -0.466 e. The lowest BCUT2D eigenvalue weighted by atomic mass is 10.1. The molecule has 0 aliphatic rings. The average molecular weight is 245 g/mol. The Bertz CT molecular complexity index is 419. The first kappa shape index (κ1) is 14.2. The highest BCUT2D eigenvalue weighted by Gasteiger charge is 1.92. The number of ether oxygens (including phenoxy) is 1. The molecule has 1 N–H and O–H groups in total. The zero-order valence-corrected chi connectivity index (χ0v) is 10.8. The summed E-state index contributed by atoms with van der Waals surface area (Å²) in [6, 6.07) is 7.98. The maximum absolute atomic E-state index is 10.9. The van der Waals surface area contributed by atoms with Gasteiger partial charge in [-0.3, -0.25) is 0 Å². The first-order valence-corrected chi connectivity index (χ1v) is 5.93. The van der Waals surface area contributed by atoms with E-state index in [1.54, 1.807) is 6.08 Å². The Kier molecular flexibility index (Phi) is 6.51. The van der Waals surface area contributed by atoms with Gasteiger partial charge in [0, 0.05) is 6.08 Å². The van der Waals surface area contributed by atoms with Crippen molar-refractivity contribution < 1.29 is 9.53 Å². The molecule has 0 spiro atoms. The zero-order valence-electron chi connectivity index (χ0n) is 10.8. The molecule has 0 aliphatic heterocycles. The first-order valence-electron chi connectivity index (χ1n) is 5.93. The first-order chi connectivity index (χ1) is 8.76. The molecule has 3 nitrogen and oxygen atoms in total. The highest BCUT2D eigenvalue weighted by atomic mass is 16.5. The number of carbonyl (C=O) groups excluding carboxylic acids is 1. The third-order valence-electron chi connectivity index (χ3n) is 2.42. The van der Waals surface area contributed by atoms with E-state index in [1.807, 2.05) is 31.3 Å². The molecule has 1 aromatic carbocycles. The van der Waals surface area contributed by atoms with Gasteiger partial charge in [-0.1, -0.05) is 36.4 Å². The number of nitrogens with one attached hydrogen (secondary N) is 1. The topological polar surface area (TPSA) is 38.3 Å². The SMILES string of the molecule is CNCCC=Cc1ccc(/C=C/C(=O)OC)cc1. The van der Waals surface area contributed by atoms with E-state index in [-0.39, 0.29) is 5.97 Å². The number of benzene rings is 1. The van der Waals surface area contributed by atoms with E-state index in [1.165, 1.54) is 13.2 Å². The Morgan fingerprint density at radius 1 is 1.22 bits per heavy atom.